The van der Waals surface area contributed by atoms with Crippen LogP contribution in [0, 0.1) is 0 Å². The zero-order valence-corrected chi connectivity index (χ0v) is 15.2. The first-order valence-electron chi connectivity index (χ1n) is 9.21. The predicted octanol–water partition coefficient (Wildman–Crippen LogP) is 4.00. The highest BCUT2D eigenvalue weighted by Crippen LogP contribution is 2.24. The molecular formula is C19H36N2O2. The first-order chi connectivity index (χ1) is 11.3. The third kappa shape index (κ3) is 7.17. The monoisotopic (exact) mass is 324 g/mol. The lowest BCUT2D eigenvalue weighted by Crippen LogP contribution is -2.42. The lowest BCUT2D eigenvalue weighted by molar-refractivity contribution is -0.125. The van der Waals surface area contributed by atoms with Crippen molar-refractivity contribution in [3.8, 4) is 0 Å². The molecule has 2 unspecified atom stereocenters. The maximum atomic E-state index is 6.05. The molecule has 0 spiro atoms. The van der Waals surface area contributed by atoms with Crippen molar-refractivity contribution in [3.05, 3.63) is 25.3 Å². The van der Waals surface area contributed by atoms with Crippen LogP contribution in [0.15, 0.2) is 25.3 Å². The fraction of sp³-hybridized carbons (Fsp3) is 0.789. The second kappa shape index (κ2) is 12.7. The average molecular weight is 325 g/mol. The summed E-state index contributed by atoms with van der Waals surface area (Å²) in [6.45, 7) is 16.2. The van der Waals surface area contributed by atoms with E-state index in [0.29, 0.717) is 13.2 Å². The molecule has 1 aliphatic heterocycles. The highest BCUT2D eigenvalue weighted by Gasteiger charge is 2.40. The standard InChI is InChI=1S/C19H36N2O2/c1-5-9-11-13-20-17-21(14-12-10-6-2)19(23-16-8-4)18(20)22-15-7-3/h7-8,18-19H,3-6,9-17H2,1-2H3. The van der Waals surface area contributed by atoms with Crippen LogP contribution in [0.2, 0.25) is 0 Å². The molecule has 1 fully saturated rings. The second-order valence-electron chi connectivity index (χ2n) is 6.21. The van der Waals surface area contributed by atoms with Crippen LogP contribution in [-0.2, 0) is 9.47 Å². The minimum atomic E-state index is -0.00793. The summed E-state index contributed by atoms with van der Waals surface area (Å²) in [6, 6.07) is 0. The number of ether oxygens (including phenoxy) is 2. The molecule has 1 saturated heterocycles. The predicted molar refractivity (Wildman–Crippen MR) is 97.2 cm³/mol. The van der Waals surface area contributed by atoms with Crippen LogP contribution in [0.1, 0.15) is 52.4 Å². The van der Waals surface area contributed by atoms with Gasteiger partial charge in [-0.3, -0.25) is 9.80 Å². The van der Waals surface area contributed by atoms with E-state index in [4.69, 9.17) is 9.47 Å². The Morgan fingerprint density at radius 1 is 0.826 bits per heavy atom. The normalized spacial score (nSPS) is 22.5. The van der Waals surface area contributed by atoms with Gasteiger partial charge in [0.25, 0.3) is 0 Å². The third-order valence-corrected chi connectivity index (χ3v) is 4.19. The molecule has 0 N–H and O–H groups in total. The minimum absolute atomic E-state index is 0.00793. The highest BCUT2D eigenvalue weighted by atomic mass is 16.6. The Hall–Kier alpha value is -0.680. The topological polar surface area (TPSA) is 24.9 Å². The Morgan fingerprint density at radius 3 is 1.61 bits per heavy atom. The largest absolute Gasteiger partial charge is 0.355 e. The van der Waals surface area contributed by atoms with Gasteiger partial charge >= 0.3 is 0 Å². The molecule has 0 amide bonds. The molecule has 0 bridgehead atoms. The van der Waals surface area contributed by atoms with Gasteiger partial charge in [-0.2, -0.15) is 0 Å². The average Bonchev–Trinajstić information content (AvgIpc) is 2.88. The maximum absolute atomic E-state index is 6.05. The molecule has 134 valence electrons. The third-order valence-electron chi connectivity index (χ3n) is 4.19. The molecule has 2 atom stereocenters. The van der Waals surface area contributed by atoms with Crippen LogP contribution in [0.4, 0.5) is 0 Å². The number of rotatable bonds is 14. The van der Waals surface area contributed by atoms with E-state index in [2.05, 4.69) is 36.8 Å². The van der Waals surface area contributed by atoms with Crippen molar-refractivity contribution in [3.63, 3.8) is 0 Å². The van der Waals surface area contributed by atoms with Crippen LogP contribution in [-0.4, -0.2) is 55.2 Å². The molecule has 23 heavy (non-hydrogen) atoms. The van der Waals surface area contributed by atoms with E-state index < -0.39 is 0 Å². The van der Waals surface area contributed by atoms with Crippen molar-refractivity contribution in [2.75, 3.05) is 33.0 Å². The van der Waals surface area contributed by atoms with Crippen LogP contribution in [0.25, 0.3) is 0 Å². The van der Waals surface area contributed by atoms with E-state index in [1.165, 1.54) is 38.5 Å². The molecule has 1 aliphatic rings. The Labute approximate surface area is 143 Å². The van der Waals surface area contributed by atoms with Gasteiger partial charge in [0, 0.05) is 13.1 Å². The van der Waals surface area contributed by atoms with Gasteiger partial charge in [0.15, 0.2) is 12.5 Å². The zero-order chi connectivity index (χ0) is 16.9. The Morgan fingerprint density at radius 2 is 1.26 bits per heavy atom. The van der Waals surface area contributed by atoms with Gasteiger partial charge in [0.1, 0.15) is 0 Å². The Bertz CT molecular complexity index is 292. The number of hydrogen-bond donors (Lipinski definition) is 0. The smallest absolute Gasteiger partial charge is 0.152 e. The van der Waals surface area contributed by atoms with E-state index in [-0.39, 0.29) is 12.5 Å². The molecule has 0 saturated carbocycles. The summed E-state index contributed by atoms with van der Waals surface area (Å²) >= 11 is 0. The summed E-state index contributed by atoms with van der Waals surface area (Å²) in [5.74, 6) is 0. The molecular weight excluding hydrogens is 288 g/mol. The lowest BCUT2D eigenvalue weighted by Gasteiger charge is -2.28. The molecule has 0 aromatic rings. The van der Waals surface area contributed by atoms with Crippen molar-refractivity contribution >= 4 is 0 Å². The van der Waals surface area contributed by atoms with Crippen LogP contribution in [0.3, 0.4) is 0 Å². The van der Waals surface area contributed by atoms with Gasteiger partial charge < -0.3 is 9.47 Å². The van der Waals surface area contributed by atoms with E-state index >= 15 is 0 Å². The molecule has 4 nitrogen and oxygen atoms in total. The summed E-state index contributed by atoms with van der Waals surface area (Å²) in [5.41, 5.74) is 0. The van der Waals surface area contributed by atoms with Crippen LogP contribution < -0.4 is 0 Å². The summed E-state index contributed by atoms with van der Waals surface area (Å²) in [4.78, 5) is 4.83. The first-order valence-corrected chi connectivity index (χ1v) is 9.21. The number of unbranched alkanes of at least 4 members (excludes halogenated alkanes) is 4. The molecule has 1 rings (SSSR count). The van der Waals surface area contributed by atoms with Gasteiger partial charge in [-0.05, 0) is 12.8 Å². The molecule has 4 heteroatoms. The van der Waals surface area contributed by atoms with Gasteiger partial charge in [-0.15, -0.1) is 13.2 Å². The second-order valence-corrected chi connectivity index (χ2v) is 6.21. The molecule has 0 aromatic carbocycles. The summed E-state index contributed by atoms with van der Waals surface area (Å²) in [5, 5.41) is 0. The molecule has 1 heterocycles. The molecule has 0 aliphatic carbocycles. The van der Waals surface area contributed by atoms with Gasteiger partial charge in [-0.25, -0.2) is 0 Å². The van der Waals surface area contributed by atoms with Crippen LogP contribution >= 0.6 is 0 Å². The van der Waals surface area contributed by atoms with Gasteiger partial charge in [-0.1, -0.05) is 51.7 Å². The summed E-state index contributed by atoms with van der Waals surface area (Å²) in [7, 11) is 0. The molecule has 0 aromatic heterocycles. The van der Waals surface area contributed by atoms with Crippen LogP contribution in [0.5, 0.6) is 0 Å². The Balaban J connectivity index is 2.69. The maximum Gasteiger partial charge on any atom is 0.152 e. The Kier molecular flexibility index (Phi) is 11.3. The van der Waals surface area contributed by atoms with Crippen molar-refractivity contribution in [1.82, 2.24) is 9.80 Å². The fourth-order valence-electron chi connectivity index (χ4n) is 2.99. The van der Waals surface area contributed by atoms with Crippen molar-refractivity contribution in [1.29, 1.82) is 0 Å². The summed E-state index contributed by atoms with van der Waals surface area (Å²) < 4.78 is 12.1. The van der Waals surface area contributed by atoms with Gasteiger partial charge in [0.05, 0.1) is 19.9 Å². The highest BCUT2D eigenvalue weighted by molar-refractivity contribution is 4.84. The fourth-order valence-corrected chi connectivity index (χ4v) is 2.99. The quantitative estimate of drug-likeness (QED) is 0.356. The first kappa shape index (κ1) is 20.4. The van der Waals surface area contributed by atoms with Crippen molar-refractivity contribution < 1.29 is 9.47 Å². The minimum Gasteiger partial charge on any atom is -0.355 e. The molecule has 0 radical (unpaired) electrons. The van der Waals surface area contributed by atoms with E-state index in [1.54, 1.807) is 0 Å². The zero-order valence-electron chi connectivity index (χ0n) is 15.2. The SMILES string of the molecule is C=CCOC1C(OCC=C)N(CCCCC)CN1CCCCC. The van der Waals surface area contributed by atoms with E-state index in [0.717, 1.165) is 19.8 Å². The van der Waals surface area contributed by atoms with E-state index in [1.807, 2.05) is 12.2 Å². The van der Waals surface area contributed by atoms with Crippen molar-refractivity contribution in [2.45, 2.75) is 64.8 Å². The summed E-state index contributed by atoms with van der Waals surface area (Å²) in [6.07, 6.45) is 11.0. The number of hydrogen-bond acceptors (Lipinski definition) is 4. The lowest BCUT2D eigenvalue weighted by atomic mass is 10.2. The van der Waals surface area contributed by atoms with Gasteiger partial charge in [0.2, 0.25) is 0 Å². The van der Waals surface area contributed by atoms with Crippen molar-refractivity contribution in [2.24, 2.45) is 0 Å². The number of nitrogens with zero attached hydrogens (tertiary/aromatic N) is 2. The van der Waals surface area contributed by atoms with E-state index in [9.17, 15) is 0 Å².